The third-order valence-electron chi connectivity index (χ3n) is 5.50. The first kappa shape index (κ1) is 9.93. The Bertz CT molecular complexity index is 272. The van der Waals surface area contributed by atoms with E-state index in [1.54, 1.807) is 19.3 Å². The van der Waals surface area contributed by atoms with Gasteiger partial charge in [-0.15, -0.1) is 0 Å². The van der Waals surface area contributed by atoms with E-state index >= 15 is 0 Å². The third kappa shape index (κ3) is 1.40. The first-order valence-electron chi connectivity index (χ1n) is 6.83. The van der Waals surface area contributed by atoms with Crippen LogP contribution < -0.4 is 0 Å². The summed E-state index contributed by atoms with van der Waals surface area (Å²) in [5, 5.41) is 0. The SMILES string of the molecule is CC=CC12CC3CC(C1)CC(CC)(C3)C2. The fraction of sp³-hybridized carbons (Fsp3) is 0.867. The molecule has 0 amide bonds. The van der Waals surface area contributed by atoms with Crippen molar-refractivity contribution >= 4 is 0 Å². The Kier molecular flexibility index (Phi) is 2.06. The monoisotopic (exact) mass is 204 g/mol. The largest absolute Gasteiger partial charge is 0.0911 e. The minimum absolute atomic E-state index is 0.634. The minimum atomic E-state index is 0.634. The first-order valence-corrected chi connectivity index (χ1v) is 6.83. The molecule has 0 radical (unpaired) electrons. The van der Waals surface area contributed by atoms with Crippen molar-refractivity contribution < 1.29 is 0 Å². The molecule has 0 N–H and O–H groups in total. The maximum absolute atomic E-state index is 2.56. The summed E-state index contributed by atoms with van der Waals surface area (Å²) in [6.45, 7) is 4.63. The second-order valence-electron chi connectivity index (χ2n) is 6.68. The predicted octanol–water partition coefficient (Wildman–Crippen LogP) is 4.56. The lowest BCUT2D eigenvalue weighted by Gasteiger charge is -2.61. The summed E-state index contributed by atoms with van der Waals surface area (Å²) in [6.07, 6.45) is 15.5. The van der Waals surface area contributed by atoms with Gasteiger partial charge in [-0.05, 0) is 68.1 Å². The summed E-state index contributed by atoms with van der Waals surface area (Å²) >= 11 is 0. The zero-order valence-electron chi connectivity index (χ0n) is 10.3. The molecule has 4 rings (SSSR count). The van der Waals surface area contributed by atoms with Crippen molar-refractivity contribution in [3.05, 3.63) is 12.2 Å². The standard InChI is InChI=1S/C15H24/c1-3-5-15-9-12-6-13(10-15)8-14(4-2,7-12)11-15/h3,5,12-13H,4,6-11H2,1-2H3. The summed E-state index contributed by atoms with van der Waals surface area (Å²) in [5.41, 5.74) is 1.39. The molecule has 2 atom stereocenters. The van der Waals surface area contributed by atoms with E-state index in [0.717, 1.165) is 17.3 Å². The van der Waals surface area contributed by atoms with E-state index in [4.69, 9.17) is 0 Å². The van der Waals surface area contributed by atoms with Crippen LogP contribution in [0.4, 0.5) is 0 Å². The molecule has 0 nitrogen and oxygen atoms in total. The topological polar surface area (TPSA) is 0 Å². The molecule has 0 heterocycles. The molecule has 4 aliphatic rings. The molecular formula is C15H24. The van der Waals surface area contributed by atoms with Gasteiger partial charge in [-0.25, -0.2) is 0 Å². The molecule has 4 fully saturated rings. The molecule has 0 aromatic carbocycles. The van der Waals surface area contributed by atoms with Gasteiger partial charge in [0.05, 0.1) is 0 Å². The van der Waals surface area contributed by atoms with Crippen molar-refractivity contribution in [1.29, 1.82) is 0 Å². The Labute approximate surface area is 94.1 Å². The molecule has 0 aromatic heterocycles. The highest BCUT2D eigenvalue weighted by atomic mass is 14.6. The second-order valence-corrected chi connectivity index (χ2v) is 6.68. The van der Waals surface area contributed by atoms with E-state index in [9.17, 15) is 0 Å². The Hall–Kier alpha value is -0.260. The number of rotatable bonds is 2. The van der Waals surface area contributed by atoms with Crippen molar-refractivity contribution in [2.24, 2.45) is 22.7 Å². The van der Waals surface area contributed by atoms with Crippen LogP contribution in [0.1, 0.15) is 58.8 Å². The van der Waals surface area contributed by atoms with Crippen LogP contribution >= 0.6 is 0 Å². The Morgan fingerprint density at radius 3 is 2.33 bits per heavy atom. The lowest BCUT2D eigenvalue weighted by Crippen LogP contribution is -2.50. The van der Waals surface area contributed by atoms with Crippen LogP contribution in [-0.2, 0) is 0 Å². The molecular weight excluding hydrogens is 180 g/mol. The second kappa shape index (κ2) is 3.12. The molecule has 4 bridgehead atoms. The van der Waals surface area contributed by atoms with Gasteiger partial charge in [0.25, 0.3) is 0 Å². The highest BCUT2D eigenvalue weighted by molar-refractivity contribution is 5.13. The molecule has 0 aliphatic heterocycles. The number of hydrogen-bond acceptors (Lipinski definition) is 0. The molecule has 84 valence electrons. The molecule has 0 aromatic rings. The van der Waals surface area contributed by atoms with Crippen LogP contribution in [0.25, 0.3) is 0 Å². The molecule has 15 heavy (non-hydrogen) atoms. The quantitative estimate of drug-likeness (QED) is 0.578. The van der Waals surface area contributed by atoms with Gasteiger partial charge in [0.1, 0.15) is 0 Å². The van der Waals surface area contributed by atoms with Gasteiger partial charge in [0, 0.05) is 0 Å². The van der Waals surface area contributed by atoms with E-state index in [-0.39, 0.29) is 0 Å². The third-order valence-corrected chi connectivity index (χ3v) is 5.50. The van der Waals surface area contributed by atoms with Crippen LogP contribution in [-0.4, -0.2) is 0 Å². The van der Waals surface area contributed by atoms with Crippen molar-refractivity contribution in [3.63, 3.8) is 0 Å². The fourth-order valence-corrected chi connectivity index (χ4v) is 5.49. The molecule has 0 saturated heterocycles. The van der Waals surface area contributed by atoms with E-state index in [1.165, 1.54) is 25.7 Å². The maximum Gasteiger partial charge on any atom is -0.0108 e. The van der Waals surface area contributed by atoms with E-state index in [1.807, 2.05) is 0 Å². The summed E-state index contributed by atoms with van der Waals surface area (Å²) in [4.78, 5) is 0. The van der Waals surface area contributed by atoms with E-state index in [2.05, 4.69) is 26.0 Å². The van der Waals surface area contributed by atoms with Crippen molar-refractivity contribution in [1.82, 2.24) is 0 Å². The highest BCUT2D eigenvalue weighted by Crippen LogP contribution is 2.66. The van der Waals surface area contributed by atoms with E-state index in [0.29, 0.717) is 5.41 Å². The summed E-state index contributed by atoms with van der Waals surface area (Å²) in [6, 6.07) is 0. The van der Waals surface area contributed by atoms with Crippen molar-refractivity contribution in [3.8, 4) is 0 Å². The van der Waals surface area contributed by atoms with Crippen LogP contribution in [0.3, 0.4) is 0 Å². The smallest absolute Gasteiger partial charge is 0.0108 e. The van der Waals surface area contributed by atoms with Crippen LogP contribution in [0.2, 0.25) is 0 Å². The van der Waals surface area contributed by atoms with Crippen molar-refractivity contribution in [2.45, 2.75) is 58.8 Å². The average molecular weight is 204 g/mol. The Balaban J connectivity index is 1.95. The summed E-state index contributed by atoms with van der Waals surface area (Å²) in [7, 11) is 0. The van der Waals surface area contributed by atoms with Gasteiger partial charge in [-0.1, -0.05) is 25.5 Å². The van der Waals surface area contributed by atoms with Gasteiger partial charge >= 0.3 is 0 Å². The van der Waals surface area contributed by atoms with Gasteiger partial charge < -0.3 is 0 Å². The van der Waals surface area contributed by atoms with Crippen molar-refractivity contribution in [2.75, 3.05) is 0 Å². The fourth-order valence-electron chi connectivity index (χ4n) is 5.49. The Morgan fingerprint density at radius 2 is 1.80 bits per heavy atom. The van der Waals surface area contributed by atoms with Gasteiger partial charge in [-0.3, -0.25) is 0 Å². The number of allylic oxidation sites excluding steroid dienone is 2. The lowest BCUT2D eigenvalue weighted by atomic mass is 9.43. The molecule has 0 heteroatoms. The molecule has 2 unspecified atom stereocenters. The zero-order chi connectivity index (χ0) is 10.5. The average Bonchev–Trinajstić information content (AvgIpc) is 2.15. The lowest BCUT2D eigenvalue weighted by molar-refractivity contribution is -0.0891. The van der Waals surface area contributed by atoms with Crippen LogP contribution in [0, 0.1) is 22.7 Å². The maximum atomic E-state index is 2.56. The zero-order valence-corrected chi connectivity index (χ0v) is 10.3. The van der Waals surface area contributed by atoms with Gasteiger partial charge in [0.2, 0.25) is 0 Å². The van der Waals surface area contributed by atoms with Crippen LogP contribution in [0.5, 0.6) is 0 Å². The minimum Gasteiger partial charge on any atom is -0.0911 e. The van der Waals surface area contributed by atoms with Gasteiger partial charge in [-0.2, -0.15) is 0 Å². The molecule has 0 spiro atoms. The summed E-state index contributed by atoms with van der Waals surface area (Å²) in [5.74, 6) is 2.14. The predicted molar refractivity (Wildman–Crippen MR) is 64.7 cm³/mol. The first-order chi connectivity index (χ1) is 7.19. The molecule has 4 saturated carbocycles. The Morgan fingerprint density at radius 1 is 1.13 bits per heavy atom. The van der Waals surface area contributed by atoms with Crippen LogP contribution in [0.15, 0.2) is 12.2 Å². The highest BCUT2D eigenvalue weighted by Gasteiger charge is 2.55. The van der Waals surface area contributed by atoms with Gasteiger partial charge in [0.15, 0.2) is 0 Å². The van der Waals surface area contributed by atoms with E-state index < -0.39 is 0 Å². The molecule has 4 aliphatic carbocycles. The number of hydrogen-bond donors (Lipinski definition) is 0. The normalized spacial score (nSPS) is 52.9. The summed E-state index contributed by atoms with van der Waals surface area (Å²) < 4.78 is 0.